The number of allylic oxidation sites excluding steroid dienone is 4. The second kappa shape index (κ2) is 23.0. The maximum absolute atomic E-state index is 10.2. The van der Waals surface area contributed by atoms with Crippen LogP contribution in [0.4, 0.5) is 0 Å². The molecule has 0 saturated heterocycles. The van der Waals surface area contributed by atoms with Gasteiger partial charge in [-0.25, -0.2) is 9.56 Å². The normalized spacial score (nSPS) is 20.1. The summed E-state index contributed by atoms with van der Waals surface area (Å²) in [6.07, 6.45) is 27.8. The van der Waals surface area contributed by atoms with E-state index in [2.05, 4.69) is 47.7 Å². The summed E-state index contributed by atoms with van der Waals surface area (Å²) < 4.78 is 13.9. The quantitative estimate of drug-likeness (QED) is 0.0809. The van der Waals surface area contributed by atoms with E-state index in [-0.39, 0.29) is 109 Å². The van der Waals surface area contributed by atoms with Crippen LogP contribution in [0.25, 0.3) is 0 Å². The minimum atomic E-state index is -4.99. The van der Waals surface area contributed by atoms with Gasteiger partial charge >= 0.3 is 103 Å². The van der Waals surface area contributed by atoms with Gasteiger partial charge in [-0.2, -0.15) is 0 Å². The molecule has 0 N–H and O–H groups in total. The third kappa shape index (κ3) is 21.0. The zero-order valence-electron chi connectivity index (χ0n) is 21.2. The Morgan fingerprint density at radius 2 is 1.22 bits per heavy atom. The van der Waals surface area contributed by atoms with Gasteiger partial charge in [0.1, 0.15) is 7.82 Å². The zero-order chi connectivity index (χ0) is 22.1. The molecule has 32 heavy (non-hydrogen) atoms. The van der Waals surface area contributed by atoms with E-state index in [0.29, 0.717) is 17.8 Å². The molecule has 0 amide bonds. The monoisotopic (exact) mass is 520 g/mol. The predicted octanol–water partition coefficient (Wildman–Crippen LogP) is 0.391. The van der Waals surface area contributed by atoms with Gasteiger partial charge in [-0.15, -0.1) is 0 Å². The molecule has 0 fully saturated rings. The standard InChI is InChI=1S/C24H45O5P.2K/c1-23-19-15-17-21-24(23,2)20-16-13-11-9-7-5-3-4-6-8-10-12-14-18-22-28-29-30(25,26)27;;/h15,17,19,21,23H,3-14,16,18,20,22H2,1-2H3,(H2,25,26,27);;/q;2*+1/p-2. The third-order valence-corrected chi connectivity index (χ3v) is 6.65. The molecule has 0 aromatic carbocycles. The fraction of sp³-hybridized carbons (Fsp3) is 0.833. The molecule has 0 heterocycles. The van der Waals surface area contributed by atoms with Gasteiger partial charge in [0.05, 0.1) is 6.61 Å². The van der Waals surface area contributed by atoms with Crippen molar-refractivity contribution >= 4 is 7.82 Å². The molecule has 176 valence electrons. The van der Waals surface area contributed by atoms with E-state index in [4.69, 9.17) is 0 Å². The number of rotatable bonds is 19. The average molecular weight is 521 g/mol. The Morgan fingerprint density at radius 1 is 0.781 bits per heavy atom. The van der Waals surface area contributed by atoms with Crippen molar-refractivity contribution in [2.75, 3.05) is 6.61 Å². The summed E-state index contributed by atoms with van der Waals surface area (Å²) in [5.74, 6) is 0.655. The Labute approximate surface area is 282 Å². The summed E-state index contributed by atoms with van der Waals surface area (Å²) >= 11 is 0. The molecular weight excluding hydrogens is 477 g/mol. The van der Waals surface area contributed by atoms with E-state index in [9.17, 15) is 14.4 Å². The van der Waals surface area contributed by atoms with Crippen molar-refractivity contribution in [3.8, 4) is 0 Å². The van der Waals surface area contributed by atoms with Gasteiger partial charge in [-0.05, 0) is 24.2 Å². The molecule has 5 nitrogen and oxygen atoms in total. The second-order valence-electron chi connectivity index (χ2n) is 9.08. The van der Waals surface area contributed by atoms with E-state index in [1.165, 1.54) is 77.0 Å². The SMILES string of the molecule is CC1C=CC=CC1(C)CCCCCCCCCCCCCCCCOOP(=O)([O-])[O-].[K+].[K+]. The van der Waals surface area contributed by atoms with Crippen molar-refractivity contribution < 1.29 is 127 Å². The van der Waals surface area contributed by atoms with Crippen molar-refractivity contribution in [2.24, 2.45) is 11.3 Å². The Hall–Kier alpha value is 2.82. The number of unbranched alkanes of at least 4 members (excludes halogenated alkanes) is 13. The van der Waals surface area contributed by atoms with Crippen LogP contribution in [0.5, 0.6) is 0 Å². The summed E-state index contributed by atoms with van der Waals surface area (Å²) in [6, 6.07) is 0. The largest absolute Gasteiger partial charge is 1.00 e. The van der Waals surface area contributed by atoms with Crippen LogP contribution in [-0.4, -0.2) is 6.61 Å². The predicted molar refractivity (Wildman–Crippen MR) is 119 cm³/mol. The molecule has 1 rings (SSSR count). The van der Waals surface area contributed by atoms with Gasteiger partial charge in [0.15, 0.2) is 0 Å². The van der Waals surface area contributed by atoms with Crippen molar-refractivity contribution in [3.05, 3.63) is 24.3 Å². The smallest absolute Gasteiger partial charge is 0.788 e. The van der Waals surface area contributed by atoms with E-state index in [0.717, 1.165) is 12.8 Å². The van der Waals surface area contributed by atoms with E-state index in [1.54, 1.807) is 0 Å². The molecular formula is C24H43K2O5P. The summed E-state index contributed by atoms with van der Waals surface area (Å²) in [5, 5.41) is 0. The molecule has 1 aliphatic rings. The van der Waals surface area contributed by atoms with Gasteiger partial charge in [-0.3, -0.25) is 0 Å². The van der Waals surface area contributed by atoms with E-state index < -0.39 is 7.82 Å². The maximum atomic E-state index is 10.2. The van der Waals surface area contributed by atoms with Crippen LogP contribution in [-0.2, 0) is 14.1 Å². The van der Waals surface area contributed by atoms with Crippen LogP contribution in [0.1, 0.15) is 110 Å². The molecule has 0 spiro atoms. The van der Waals surface area contributed by atoms with Crippen LogP contribution in [0.15, 0.2) is 24.3 Å². The minimum Gasteiger partial charge on any atom is -0.788 e. The first-order valence-corrected chi connectivity index (χ1v) is 13.5. The number of hydrogen-bond acceptors (Lipinski definition) is 5. The summed E-state index contributed by atoms with van der Waals surface area (Å²) in [5.41, 5.74) is 0.359. The van der Waals surface area contributed by atoms with Crippen molar-refractivity contribution in [2.45, 2.75) is 110 Å². The number of phosphoric acid groups is 1. The molecule has 1 aliphatic carbocycles. The Kier molecular flexibility index (Phi) is 26.6. The molecule has 0 bridgehead atoms. The first kappa shape index (κ1) is 37.0. The first-order chi connectivity index (χ1) is 14.3. The fourth-order valence-electron chi connectivity index (χ4n) is 4.08. The molecule has 0 radical (unpaired) electrons. The molecule has 2 atom stereocenters. The number of hydrogen-bond donors (Lipinski definition) is 0. The van der Waals surface area contributed by atoms with Crippen LogP contribution in [0, 0.1) is 11.3 Å². The van der Waals surface area contributed by atoms with E-state index in [1.807, 2.05) is 0 Å². The summed E-state index contributed by atoms with van der Waals surface area (Å²) in [6.45, 7) is 4.88. The van der Waals surface area contributed by atoms with Crippen molar-refractivity contribution in [1.29, 1.82) is 0 Å². The van der Waals surface area contributed by atoms with Gasteiger partial charge in [0.25, 0.3) is 0 Å². The molecule has 8 heteroatoms. The van der Waals surface area contributed by atoms with Crippen LogP contribution < -0.4 is 113 Å². The maximum Gasteiger partial charge on any atom is 1.00 e. The van der Waals surface area contributed by atoms with Crippen molar-refractivity contribution in [3.63, 3.8) is 0 Å². The summed E-state index contributed by atoms with van der Waals surface area (Å²) in [7, 11) is -4.99. The van der Waals surface area contributed by atoms with Crippen LogP contribution in [0.3, 0.4) is 0 Å². The van der Waals surface area contributed by atoms with Gasteiger partial charge < -0.3 is 14.4 Å². The van der Waals surface area contributed by atoms with Gasteiger partial charge in [0, 0.05) is 0 Å². The molecule has 0 saturated carbocycles. The van der Waals surface area contributed by atoms with E-state index >= 15 is 0 Å². The summed E-state index contributed by atoms with van der Waals surface area (Å²) in [4.78, 5) is 24.7. The van der Waals surface area contributed by atoms with Gasteiger partial charge in [0.2, 0.25) is 0 Å². The minimum absolute atomic E-state index is 0. The second-order valence-corrected chi connectivity index (χ2v) is 10.1. The molecule has 2 unspecified atom stereocenters. The molecule has 0 aromatic heterocycles. The Balaban J connectivity index is 0. The first-order valence-electron chi connectivity index (χ1n) is 12.0. The van der Waals surface area contributed by atoms with Crippen molar-refractivity contribution in [1.82, 2.24) is 0 Å². The molecule has 0 aliphatic heterocycles. The topological polar surface area (TPSA) is 81.7 Å². The zero-order valence-corrected chi connectivity index (χ0v) is 28.3. The van der Waals surface area contributed by atoms with Crippen LogP contribution >= 0.6 is 7.82 Å². The Bertz CT molecular complexity index is 538. The fourth-order valence-corrected chi connectivity index (χ4v) is 4.28. The Morgan fingerprint density at radius 3 is 1.66 bits per heavy atom. The van der Waals surface area contributed by atoms with Gasteiger partial charge in [-0.1, -0.05) is 122 Å². The third-order valence-electron chi connectivity index (χ3n) is 6.37. The van der Waals surface area contributed by atoms with Crippen LogP contribution in [0.2, 0.25) is 0 Å². The molecule has 0 aromatic rings. The average Bonchev–Trinajstić information content (AvgIpc) is 2.68.